The van der Waals surface area contributed by atoms with E-state index in [0.717, 1.165) is 16.9 Å². The molecule has 0 bridgehead atoms. The molecule has 0 aliphatic heterocycles. The Morgan fingerprint density at radius 3 is 2.55 bits per heavy atom. The second-order valence-electron chi connectivity index (χ2n) is 4.85. The van der Waals surface area contributed by atoms with Crippen LogP contribution < -0.4 is 10.2 Å². The van der Waals surface area contributed by atoms with Crippen LogP contribution in [0.5, 0.6) is 0 Å². The molecule has 0 aliphatic rings. The number of aryl methyl sites for hydroxylation is 1. The summed E-state index contributed by atoms with van der Waals surface area (Å²) in [6.07, 6.45) is 4.69. The number of hydrogen-bond acceptors (Lipinski definition) is 3. The first-order valence-corrected chi connectivity index (χ1v) is 6.61. The van der Waals surface area contributed by atoms with Crippen molar-refractivity contribution in [3.05, 3.63) is 54.4 Å². The lowest BCUT2D eigenvalue weighted by atomic mass is 10.1. The van der Waals surface area contributed by atoms with Crippen LogP contribution in [-0.4, -0.2) is 25.0 Å². The first-order valence-electron chi connectivity index (χ1n) is 6.61. The topological polar surface area (TPSA) is 45.2 Å². The van der Waals surface area contributed by atoms with E-state index in [4.69, 9.17) is 0 Å². The van der Waals surface area contributed by atoms with Gasteiger partial charge in [0.25, 0.3) is 0 Å². The van der Waals surface area contributed by atoms with Crippen LogP contribution in [0.2, 0.25) is 0 Å². The van der Waals surface area contributed by atoms with Gasteiger partial charge in [-0.2, -0.15) is 0 Å². The summed E-state index contributed by atoms with van der Waals surface area (Å²) >= 11 is 0. The average molecular weight is 269 g/mol. The van der Waals surface area contributed by atoms with Crippen molar-refractivity contribution in [3.8, 4) is 0 Å². The molecule has 1 heterocycles. The Labute approximate surface area is 119 Å². The minimum absolute atomic E-state index is 0.0199. The van der Waals surface area contributed by atoms with Crippen molar-refractivity contribution >= 4 is 17.3 Å². The van der Waals surface area contributed by atoms with E-state index in [1.54, 1.807) is 12.4 Å². The van der Waals surface area contributed by atoms with Crippen LogP contribution in [0.3, 0.4) is 0 Å². The van der Waals surface area contributed by atoms with Crippen LogP contribution in [0.1, 0.15) is 12.0 Å². The maximum absolute atomic E-state index is 11.9. The largest absolute Gasteiger partial charge is 0.378 e. The summed E-state index contributed by atoms with van der Waals surface area (Å²) in [7, 11) is 3.98. The Balaban J connectivity index is 1.85. The van der Waals surface area contributed by atoms with Crippen molar-refractivity contribution < 1.29 is 4.79 Å². The molecule has 0 aliphatic carbocycles. The molecule has 0 saturated carbocycles. The average Bonchev–Trinajstić information content (AvgIpc) is 2.47. The van der Waals surface area contributed by atoms with E-state index in [-0.39, 0.29) is 5.91 Å². The predicted molar refractivity (Wildman–Crippen MR) is 82.0 cm³/mol. The number of benzene rings is 1. The minimum atomic E-state index is 0.0199. The van der Waals surface area contributed by atoms with E-state index in [2.05, 4.69) is 10.3 Å². The summed E-state index contributed by atoms with van der Waals surface area (Å²) in [6, 6.07) is 11.7. The van der Waals surface area contributed by atoms with Crippen molar-refractivity contribution in [1.29, 1.82) is 0 Å². The molecule has 0 fully saturated rings. The van der Waals surface area contributed by atoms with Gasteiger partial charge in [0.05, 0.1) is 0 Å². The quantitative estimate of drug-likeness (QED) is 0.907. The Morgan fingerprint density at radius 2 is 1.95 bits per heavy atom. The molecule has 2 rings (SSSR count). The van der Waals surface area contributed by atoms with Crippen LogP contribution in [0.25, 0.3) is 0 Å². The Hall–Kier alpha value is -2.36. The molecule has 0 spiro atoms. The van der Waals surface area contributed by atoms with Gasteiger partial charge in [-0.25, -0.2) is 0 Å². The third-order valence-corrected chi connectivity index (χ3v) is 3.03. The Bertz CT molecular complexity index is 550. The molecular formula is C16H19N3O. The molecule has 20 heavy (non-hydrogen) atoms. The molecule has 1 amide bonds. The van der Waals surface area contributed by atoms with Gasteiger partial charge < -0.3 is 10.2 Å². The van der Waals surface area contributed by atoms with Gasteiger partial charge in [-0.15, -0.1) is 0 Å². The zero-order chi connectivity index (χ0) is 14.4. The second kappa shape index (κ2) is 6.70. The molecule has 0 unspecified atom stereocenters. The highest BCUT2D eigenvalue weighted by Crippen LogP contribution is 2.15. The number of rotatable bonds is 5. The van der Waals surface area contributed by atoms with Gasteiger partial charge in [-0.3, -0.25) is 9.78 Å². The third kappa shape index (κ3) is 4.09. The normalized spacial score (nSPS) is 10.1. The van der Waals surface area contributed by atoms with E-state index < -0.39 is 0 Å². The smallest absolute Gasteiger partial charge is 0.224 e. The number of nitrogens with one attached hydrogen (secondary N) is 1. The summed E-state index contributed by atoms with van der Waals surface area (Å²) in [6.45, 7) is 0. The molecule has 1 aromatic carbocycles. The van der Waals surface area contributed by atoms with Gasteiger partial charge >= 0.3 is 0 Å². The van der Waals surface area contributed by atoms with Crippen molar-refractivity contribution in [2.75, 3.05) is 24.3 Å². The minimum Gasteiger partial charge on any atom is -0.378 e. The fourth-order valence-electron chi connectivity index (χ4n) is 1.87. The summed E-state index contributed by atoms with van der Waals surface area (Å²) in [5.74, 6) is 0.0199. The number of amides is 1. The molecule has 0 atom stereocenters. The zero-order valence-corrected chi connectivity index (χ0v) is 11.8. The van der Waals surface area contributed by atoms with Crippen LogP contribution in [-0.2, 0) is 11.2 Å². The summed E-state index contributed by atoms with van der Waals surface area (Å²) in [4.78, 5) is 17.9. The highest BCUT2D eigenvalue weighted by Gasteiger charge is 2.03. The summed E-state index contributed by atoms with van der Waals surface area (Å²) in [5.41, 5.74) is 3.01. The molecule has 1 N–H and O–H groups in total. The first-order chi connectivity index (χ1) is 9.65. The van der Waals surface area contributed by atoms with Crippen molar-refractivity contribution in [3.63, 3.8) is 0 Å². The maximum atomic E-state index is 11.9. The van der Waals surface area contributed by atoms with Gasteiger partial charge in [0.15, 0.2) is 0 Å². The first kappa shape index (κ1) is 14.1. The SMILES string of the molecule is CN(C)c1ccc(NC(=O)CCc2cccnc2)cc1. The lowest BCUT2D eigenvalue weighted by Crippen LogP contribution is -2.13. The lowest BCUT2D eigenvalue weighted by Gasteiger charge is -2.13. The molecule has 2 aromatic rings. The number of hydrogen-bond donors (Lipinski definition) is 1. The second-order valence-corrected chi connectivity index (χ2v) is 4.85. The highest BCUT2D eigenvalue weighted by atomic mass is 16.1. The van der Waals surface area contributed by atoms with Gasteiger partial charge in [-0.1, -0.05) is 6.07 Å². The Kier molecular flexibility index (Phi) is 4.71. The van der Waals surface area contributed by atoms with Gasteiger partial charge in [0, 0.05) is 44.3 Å². The maximum Gasteiger partial charge on any atom is 0.224 e. The predicted octanol–water partition coefficient (Wildman–Crippen LogP) is 2.72. The van der Waals surface area contributed by atoms with E-state index in [0.29, 0.717) is 12.8 Å². The van der Waals surface area contributed by atoms with E-state index >= 15 is 0 Å². The van der Waals surface area contributed by atoms with E-state index in [9.17, 15) is 4.79 Å². The number of anilines is 2. The van der Waals surface area contributed by atoms with Crippen molar-refractivity contribution in [2.24, 2.45) is 0 Å². The fourth-order valence-corrected chi connectivity index (χ4v) is 1.87. The molecule has 104 valence electrons. The number of carbonyl (C=O) groups is 1. The summed E-state index contributed by atoms with van der Waals surface area (Å²) in [5, 5.41) is 2.90. The standard InChI is InChI=1S/C16H19N3O/c1-19(2)15-8-6-14(7-9-15)18-16(20)10-5-13-4-3-11-17-12-13/h3-4,6-9,11-12H,5,10H2,1-2H3,(H,18,20). The Morgan fingerprint density at radius 1 is 1.20 bits per heavy atom. The summed E-state index contributed by atoms with van der Waals surface area (Å²) < 4.78 is 0. The molecule has 0 radical (unpaired) electrons. The van der Waals surface area contributed by atoms with Gasteiger partial charge in [0.1, 0.15) is 0 Å². The lowest BCUT2D eigenvalue weighted by molar-refractivity contribution is -0.116. The third-order valence-electron chi connectivity index (χ3n) is 3.03. The van der Waals surface area contributed by atoms with E-state index in [1.165, 1.54) is 0 Å². The number of aromatic nitrogens is 1. The monoisotopic (exact) mass is 269 g/mol. The van der Waals surface area contributed by atoms with Crippen LogP contribution in [0.4, 0.5) is 11.4 Å². The van der Waals surface area contributed by atoms with Gasteiger partial charge in [-0.05, 0) is 42.3 Å². The van der Waals surface area contributed by atoms with Crippen molar-refractivity contribution in [2.45, 2.75) is 12.8 Å². The zero-order valence-electron chi connectivity index (χ0n) is 11.8. The number of pyridine rings is 1. The van der Waals surface area contributed by atoms with Crippen LogP contribution >= 0.6 is 0 Å². The molecular weight excluding hydrogens is 250 g/mol. The molecule has 1 aromatic heterocycles. The fraction of sp³-hybridized carbons (Fsp3) is 0.250. The van der Waals surface area contributed by atoms with Gasteiger partial charge in [0.2, 0.25) is 5.91 Å². The molecule has 4 heteroatoms. The molecule has 4 nitrogen and oxygen atoms in total. The van der Waals surface area contributed by atoms with Crippen LogP contribution in [0, 0.1) is 0 Å². The number of nitrogens with zero attached hydrogens (tertiary/aromatic N) is 2. The number of carbonyl (C=O) groups excluding carboxylic acids is 1. The van der Waals surface area contributed by atoms with Crippen LogP contribution in [0.15, 0.2) is 48.8 Å². The highest BCUT2D eigenvalue weighted by molar-refractivity contribution is 5.91. The van der Waals surface area contributed by atoms with Crippen molar-refractivity contribution in [1.82, 2.24) is 4.98 Å². The molecule has 0 saturated heterocycles. The van der Waals surface area contributed by atoms with E-state index in [1.807, 2.05) is 55.4 Å².